The third-order valence-corrected chi connectivity index (χ3v) is 1.58. The molecule has 0 aromatic rings. The lowest BCUT2D eigenvalue weighted by molar-refractivity contribution is -0.425. The van der Waals surface area contributed by atoms with Gasteiger partial charge in [0.1, 0.15) is 0 Å². The minimum absolute atomic E-state index is 0.664. The Balaban J connectivity index is 5.37. The van der Waals surface area contributed by atoms with Gasteiger partial charge in [0, 0.05) is 0 Å². The van der Waals surface area contributed by atoms with Gasteiger partial charge < -0.3 is 4.84 Å². The maximum Gasteiger partial charge on any atom is 0.493 e. The van der Waals surface area contributed by atoms with E-state index in [1.54, 1.807) is 0 Å². The Hall–Kier alpha value is -1.44. The molecule has 0 aromatic heterocycles. The topological polar surface area (TPSA) is 21.6 Å². The Kier molecular flexibility index (Phi) is 4.73. The van der Waals surface area contributed by atoms with Gasteiger partial charge >= 0.3 is 36.3 Å². The van der Waals surface area contributed by atoms with Crippen LogP contribution in [0.25, 0.3) is 0 Å². The van der Waals surface area contributed by atoms with Gasteiger partial charge in [-0.05, 0) is 5.16 Å². The number of nitrogens with zero attached hydrogens (tertiary/aromatic N) is 1. The van der Waals surface area contributed by atoms with Gasteiger partial charge in [0.25, 0.3) is 0 Å². The first-order valence-electron chi connectivity index (χ1n) is 4.07. The summed E-state index contributed by atoms with van der Waals surface area (Å²) in [5.74, 6) is -17.7. The molecule has 0 aliphatic heterocycles. The summed E-state index contributed by atoms with van der Waals surface area (Å²) in [6.07, 6.45) is -20.4. The number of hydrogen-bond acceptors (Lipinski definition) is 2. The Morgan fingerprint density at radius 1 is 0.667 bits per heavy atom. The molecule has 126 valence electrons. The third kappa shape index (κ3) is 3.61. The third-order valence-electron chi connectivity index (χ3n) is 1.58. The van der Waals surface area contributed by atoms with Crippen molar-refractivity contribution < 1.29 is 61.9 Å². The normalized spacial score (nSPS) is 16.1. The van der Waals surface area contributed by atoms with Gasteiger partial charge in [-0.1, -0.05) is 0 Å². The van der Waals surface area contributed by atoms with E-state index in [1.807, 2.05) is 4.84 Å². The highest BCUT2D eigenvalue weighted by Crippen LogP contribution is 2.47. The van der Waals surface area contributed by atoms with E-state index in [-0.39, 0.29) is 0 Å². The molecule has 0 aliphatic rings. The van der Waals surface area contributed by atoms with Crippen LogP contribution in [0.4, 0.5) is 57.1 Å². The Morgan fingerprint density at radius 3 is 1.33 bits per heavy atom. The molecular weight excluding hydrogens is 349 g/mol. The summed E-state index contributed by atoms with van der Waals surface area (Å²) in [6, 6.07) is 0. The van der Waals surface area contributed by atoms with Crippen molar-refractivity contribution in [2.45, 2.75) is 30.3 Å². The average molecular weight is 349 g/mol. The van der Waals surface area contributed by atoms with E-state index in [1.165, 1.54) is 0 Å². The first kappa shape index (κ1) is 19.6. The van der Waals surface area contributed by atoms with E-state index in [0.717, 1.165) is 0 Å². The second-order valence-corrected chi connectivity index (χ2v) is 3.13. The van der Waals surface area contributed by atoms with Crippen LogP contribution < -0.4 is 0 Å². The van der Waals surface area contributed by atoms with Gasteiger partial charge in [0.15, 0.2) is 0 Å². The number of oxime groups is 1. The molecule has 0 rings (SSSR count). The summed E-state index contributed by atoms with van der Waals surface area (Å²) < 4.78 is 154. The molecule has 0 saturated heterocycles. The van der Waals surface area contributed by atoms with Crippen molar-refractivity contribution in [1.29, 1.82) is 0 Å². The molecule has 0 N–H and O–H groups in total. The average Bonchev–Trinajstić information content (AvgIpc) is 2.22. The molecule has 0 radical (unpaired) electrons. The van der Waals surface area contributed by atoms with Crippen LogP contribution in [0.3, 0.4) is 0 Å². The van der Waals surface area contributed by atoms with Crippen molar-refractivity contribution in [2.24, 2.45) is 5.16 Å². The van der Waals surface area contributed by atoms with Crippen LogP contribution in [0.2, 0.25) is 0 Å². The molecule has 15 heteroatoms. The van der Waals surface area contributed by atoms with E-state index < -0.39 is 36.3 Å². The second-order valence-electron chi connectivity index (χ2n) is 3.13. The van der Waals surface area contributed by atoms with Crippen LogP contribution in [0.5, 0.6) is 0 Å². The van der Waals surface area contributed by atoms with Gasteiger partial charge in [-0.2, -0.15) is 57.1 Å². The van der Waals surface area contributed by atoms with Crippen LogP contribution in [-0.2, 0) is 4.84 Å². The van der Waals surface area contributed by atoms with Gasteiger partial charge in [-0.3, -0.25) is 0 Å². The molecule has 21 heavy (non-hydrogen) atoms. The first-order chi connectivity index (χ1) is 8.88. The fraction of sp³-hybridized carbons (Fsp3) is 0.833. The summed E-state index contributed by atoms with van der Waals surface area (Å²) in [4.78, 5) is 1.89. The molecule has 0 saturated carbocycles. The standard InChI is InChI=1S/C6F13NO/c7-1(2(8,9)4(12,13)14)20-21-6(18,19)3(10,11)5(15,16)17. The van der Waals surface area contributed by atoms with E-state index in [9.17, 15) is 57.1 Å². The monoisotopic (exact) mass is 349 g/mol. The van der Waals surface area contributed by atoms with Crippen LogP contribution in [0.1, 0.15) is 0 Å². The molecular formula is C6F13NO. The van der Waals surface area contributed by atoms with Crippen molar-refractivity contribution in [3.63, 3.8) is 0 Å². The first-order valence-corrected chi connectivity index (χ1v) is 4.07. The summed E-state index contributed by atoms with van der Waals surface area (Å²) in [6.45, 7) is 0. The van der Waals surface area contributed by atoms with E-state index >= 15 is 0 Å². The molecule has 0 atom stereocenters. The molecule has 0 spiro atoms. The zero-order valence-electron chi connectivity index (χ0n) is 8.77. The van der Waals surface area contributed by atoms with Crippen LogP contribution in [0, 0.1) is 0 Å². The highest BCUT2D eigenvalue weighted by molar-refractivity contribution is 5.82. The number of halogens is 13. The SMILES string of the molecule is FC(=NOC(F)(F)C(F)(F)C(F)(F)F)C(F)(F)C(F)(F)F. The van der Waals surface area contributed by atoms with Crippen molar-refractivity contribution >= 4 is 5.97 Å². The largest absolute Gasteiger partial charge is 0.493 e. The Bertz CT molecular complexity index is 404. The van der Waals surface area contributed by atoms with Gasteiger partial charge in [-0.25, -0.2) is 0 Å². The Labute approximate surface area is 105 Å². The van der Waals surface area contributed by atoms with E-state index in [4.69, 9.17) is 0 Å². The lowest BCUT2D eigenvalue weighted by Gasteiger charge is -2.25. The van der Waals surface area contributed by atoms with Crippen molar-refractivity contribution in [2.75, 3.05) is 0 Å². The van der Waals surface area contributed by atoms with E-state index in [0.29, 0.717) is 5.16 Å². The molecule has 0 amide bonds. The summed E-state index contributed by atoms with van der Waals surface area (Å²) in [7, 11) is 0. The van der Waals surface area contributed by atoms with Gasteiger partial charge in [0.05, 0.1) is 0 Å². The molecule has 0 aromatic carbocycles. The predicted molar refractivity (Wildman–Crippen MR) is 36.6 cm³/mol. The number of hydrogen-bond donors (Lipinski definition) is 0. The highest BCUT2D eigenvalue weighted by Gasteiger charge is 2.76. The van der Waals surface area contributed by atoms with Gasteiger partial charge in [-0.15, -0.1) is 0 Å². The molecule has 0 heterocycles. The van der Waals surface area contributed by atoms with Crippen molar-refractivity contribution in [3.05, 3.63) is 0 Å². The van der Waals surface area contributed by atoms with Crippen molar-refractivity contribution in [3.8, 4) is 0 Å². The summed E-state index contributed by atoms with van der Waals surface area (Å²) in [5, 5.41) is 0.664. The molecule has 2 nitrogen and oxygen atoms in total. The maximum atomic E-state index is 12.3. The molecule has 0 fully saturated rings. The van der Waals surface area contributed by atoms with E-state index in [2.05, 4.69) is 0 Å². The van der Waals surface area contributed by atoms with Crippen LogP contribution in [-0.4, -0.2) is 36.3 Å². The minimum atomic E-state index is -7.03. The lowest BCUT2D eigenvalue weighted by Crippen LogP contribution is -2.53. The summed E-state index contributed by atoms with van der Waals surface area (Å²) in [5.41, 5.74) is 0. The zero-order chi connectivity index (χ0) is 17.5. The Morgan fingerprint density at radius 2 is 1.05 bits per heavy atom. The number of alkyl halides is 12. The van der Waals surface area contributed by atoms with Crippen molar-refractivity contribution in [1.82, 2.24) is 0 Å². The number of rotatable bonds is 4. The quantitative estimate of drug-likeness (QED) is 0.422. The lowest BCUT2D eigenvalue weighted by atomic mass is 10.3. The fourth-order valence-corrected chi connectivity index (χ4v) is 0.494. The zero-order valence-corrected chi connectivity index (χ0v) is 8.77. The maximum absolute atomic E-state index is 12.3. The molecule has 0 bridgehead atoms. The highest BCUT2D eigenvalue weighted by atomic mass is 19.4. The molecule has 0 aliphatic carbocycles. The van der Waals surface area contributed by atoms with Gasteiger partial charge in [0.2, 0.25) is 0 Å². The predicted octanol–water partition coefficient (Wildman–Crippen LogP) is 4.27. The van der Waals surface area contributed by atoms with Crippen LogP contribution >= 0.6 is 0 Å². The molecule has 0 unspecified atom stereocenters. The summed E-state index contributed by atoms with van der Waals surface area (Å²) >= 11 is 0. The minimum Gasteiger partial charge on any atom is -0.314 e. The fourth-order valence-electron chi connectivity index (χ4n) is 0.494. The smallest absolute Gasteiger partial charge is 0.314 e. The second kappa shape index (κ2) is 5.08. The van der Waals surface area contributed by atoms with Crippen LogP contribution in [0.15, 0.2) is 5.16 Å².